The van der Waals surface area contributed by atoms with Gasteiger partial charge in [-0.05, 0) is 15.9 Å². The minimum absolute atomic E-state index is 0.00289. The summed E-state index contributed by atoms with van der Waals surface area (Å²) < 4.78 is 2.28. The standard InChI is InChI=1S/C6H7BrN2O2/c1-9-5(2-6(10)11)4(7)3-8-9/h3H,2H2,1H3,(H,10,11). The van der Waals surface area contributed by atoms with Crippen LogP contribution in [0.5, 0.6) is 0 Å². The quantitative estimate of drug-likeness (QED) is 0.800. The lowest BCUT2D eigenvalue weighted by Gasteiger charge is -1.97. The zero-order chi connectivity index (χ0) is 8.43. The molecule has 0 bridgehead atoms. The molecule has 0 aromatic carbocycles. The molecule has 0 aliphatic rings. The fourth-order valence-corrected chi connectivity index (χ4v) is 1.27. The zero-order valence-electron chi connectivity index (χ0n) is 5.91. The van der Waals surface area contributed by atoms with Crippen LogP contribution in [0, 0.1) is 0 Å². The van der Waals surface area contributed by atoms with Gasteiger partial charge in [0.05, 0.1) is 22.8 Å². The van der Waals surface area contributed by atoms with Gasteiger partial charge in [-0.2, -0.15) is 5.10 Å². The Hall–Kier alpha value is -0.840. The lowest BCUT2D eigenvalue weighted by atomic mass is 10.3. The van der Waals surface area contributed by atoms with Gasteiger partial charge in [0.15, 0.2) is 0 Å². The molecule has 0 spiro atoms. The van der Waals surface area contributed by atoms with Gasteiger partial charge < -0.3 is 5.11 Å². The van der Waals surface area contributed by atoms with Crippen LogP contribution in [-0.2, 0) is 18.3 Å². The molecule has 0 radical (unpaired) electrons. The van der Waals surface area contributed by atoms with E-state index in [1.54, 1.807) is 13.2 Å². The second-order valence-corrected chi connectivity index (χ2v) is 2.99. The summed E-state index contributed by atoms with van der Waals surface area (Å²) in [5.74, 6) is -0.852. The van der Waals surface area contributed by atoms with E-state index in [4.69, 9.17) is 5.11 Å². The van der Waals surface area contributed by atoms with E-state index >= 15 is 0 Å². The summed E-state index contributed by atoms with van der Waals surface area (Å²) in [6.07, 6.45) is 1.58. The van der Waals surface area contributed by atoms with Gasteiger partial charge in [0.25, 0.3) is 0 Å². The Morgan fingerprint density at radius 3 is 2.91 bits per heavy atom. The molecular formula is C6H7BrN2O2. The summed E-state index contributed by atoms with van der Waals surface area (Å²) in [6, 6.07) is 0. The van der Waals surface area contributed by atoms with Gasteiger partial charge in [-0.1, -0.05) is 0 Å². The fraction of sp³-hybridized carbons (Fsp3) is 0.333. The number of hydrogen-bond donors (Lipinski definition) is 1. The Bertz CT molecular complexity index is 263. The van der Waals surface area contributed by atoms with Crippen molar-refractivity contribution in [1.29, 1.82) is 0 Å². The van der Waals surface area contributed by atoms with Crippen molar-refractivity contribution in [2.75, 3.05) is 0 Å². The molecule has 1 heterocycles. The summed E-state index contributed by atoms with van der Waals surface area (Å²) in [5.41, 5.74) is 0.678. The van der Waals surface area contributed by atoms with Crippen LogP contribution in [0.25, 0.3) is 0 Å². The molecule has 0 fully saturated rings. The van der Waals surface area contributed by atoms with Crippen LogP contribution in [0.2, 0.25) is 0 Å². The van der Waals surface area contributed by atoms with E-state index in [1.165, 1.54) is 4.68 Å². The monoisotopic (exact) mass is 218 g/mol. The number of aryl methyl sites for hydroxylation is 1. The molecule has 60 valence electrons. The summed E-state index contributed by atoms with van der Waals surface area (Å²) in [6.45, 7) is 0. The highest BCUT2D eigenvalue weighted by atomic mass is 79.9. The third-order valence-corrected chi connectivity index (χ3v) is 1.99. The molecule has 0 amide bonds. The summed E-state index contributed by atoms with van der Waals surface area (Å²) in [7, 11) is 1.71. The Labute approximate surface area is 72.0 Å². The number of nitrogens with zero attached hydrogens (tertiary/aromatic N) is 2. The molecule has 0 saturated heterocycles. The number of hydrogen-bond acceptors (Lipinski definition) is 2. The largest absolute Gasteiger partial charge is 0.481 e. The lowest BCUT2D eigenvalue weighted by Crippen LogP contribution is -2.06. The van der Waals surface area contributed by atoms with Gasteiger partial charge >= 0.3 is 5.97 Å². The van der Waals surface area contributed by atoms with E-state index in [1.807, 2.05) is 0 Å². The molecule has 1 rings (SSSR count). The van der Waals surface area contributed by atoms with Crippen LogP contribution in [-0.4, -0.2) is 20.9 Å². The highest BCUT2D eigenvalue weighted by Gasteiger charge is 2.08. The predicted octanol–water partition coefficient (Wildman–Crippen LogP) is 0.810. The van der Waals surface area contributed by atoms with Crippen LogP contribution < -0.4 is 0 Å². The number of carboxylic acids is 1. The van der Waals surface area contributed by atoms with Crippen molar-refractivity contribution in [3.8, 4) is 0 Å². The van der Waals surface area contributed by atoms with Crippen LogP contribution >= 0.6 is 15.9 Å². The number of rotatable bonds is 2. The molecule has 1 aromatic rings. The second kappa shape index (κ2) is 3.04. The molecule has 11 heavy (non-hydrogen) atoms. The van der Waals surface area contributed by atoms with Gasteiger partial charge in [-0.3, -0.25) is 9.48 Å². The Kier molecular flexibility index (Phi) is 2.28. The minimum atomic E-state index is -0.852. The second-order valence-electron chi connectivity index (χ2n) is 2.13. The number of aliphatic carboxylic acids is 1. The number of aromatic nitrogens is 2. The third-order valence-electron chi connectivity index (χ3n) is 1.33. The maximum atomic E-state index is 10.3. The van der Waals surface area contributed by atoms with Gasteiger partial charge in [-0.15, -0.1) is 0 Å². The molecule has 0 atom stereocenters. The van der Waals surface area contributed by atoms with E-state index in [9.17, 15) is 4.79 Å². The smallest absolute Gasteiger partial charge is 0.309 e. The predicted molar refractivity (Wildman–Crippen MR) is 42.2 cm³/mol. The molecule has 5 heteroatoms. The Morgan fingerprint density at radius 1 is 1.91 bits per heavy atom. The van der Waals surface area contributed by atoms with Crippen molar-refractivity contribution in [1.82, 2.24) is 9.78 Å². The number of halogens is 1. The minimum Gasteiger partial charge on any atom is -0.481 e. The van der Waals surface area contributed by atoms with Gasteiger partial charge in [0.1, 0.15) is 0 Å². The van der Waals surface area contributed by atoms with Crippen molar-refractivity contribution in [2.45, 2.75) is 6.42 Å². The SMILES string of the molecule is Cn1ncc(Br)c1CC(=O)O. The summed E-state index contributed by atoms with van der Waals surface area (Å²) in [4.78, 5) is 10.3. The van der Waals surface area contributed by atoms with Crippen LogP contribution in [0.3, 0.4) is 0 Å². The summed E-state index contributed by atoms with van der Waals surface area (Å²) >= 11 is 3.20. The summed E-state index contributed by atoms with van der Waals surface area (Å²) in [5, 5.41) is 12.3. The van der Waals surface area contributed by atoms with E-state index in [2.05, 4.69) is 21.0 Å². The van der Waals surface area contributed by atoms with Crippen molar-refractivity contribution >= 4 is 21.9 Å². The zero-order valence-corrected chi connectivity index (χ0v) is 7.50. The molecule has 0 aliphatic heterocycles. The molecule has 1 aromatic heterocycles. The maximum absolute atomic E-state index is 10.3. The maximum Gasteiger partial charge on any atom is 0.309 e. The molecule has 0 unspecified atom stereocenters. The van der Waals surface area contributed by atoms with Crippen molar-refractivity contribution in [2.24, 2.45) is 7.05 Å². The molecule has 0 saturated carbocycles. The van der Waals surface area contributed by atoms with E-state index in [0.717, 1.165) is 4.47 Å². The molecule has 0 aliphatic carbocycles. The first-order chi connectivity index (χ1) is 5.11. The van der Waals surface area contributed by atoms with Gasteiger partial charge in [-0.25, -0.2) is 0 Å². The first-order valence-electron chi connectivity index (χ1n) is 2.99. The highest BCUT2D eigenvalue weighted by molar-refractivity contribution is 9.10. The third kappa shape index (κ3) is 1.80. The first kappa shape index (κ1) is 8.26. The lowest BCUT2D eigenvalue weighted by molar-refractivity contribution is -0.136. The van der Waals surface area contributed by atoms with Gasteiger partial charge in [0, 0.05) is 7.05 Å². The van der Waals surface area contributed by atoms with Crippen molar-refractivity contribution < 1.29 is 9.90 Å². The average Bonchev–Trinajstić information content (AvgIpc) is 2.18. The average molecular weight is 219 g/mol. The Balaban J connectivity index is 2.92. The molecule has 1 N–H and O–H groups in total. The number of carbonyl (C=O) groups is 1. The molecular weight excluding hydrogens is 212 g/mol. The van der Waals surface area contributed by atoms with Crippen LogP contribution in [0.15, 0.2) is 10.7 Å². The normalized spacial score (nSPS) is 10.0. The molecule has 4 nitrogen and oxygen atoms in total. The highest BCUT2D eigenvalue weighted by Crippen LogP contribution is 2.14. The Morgan fingerprint density at radius 2 is 2.55 bits per heavy atom. The van der Waals surface area contributed by atoms with Crippen molar-refractivity contribution in [3.63, 3.8) is 0 Å². The first-order valence-corrected chi connectivity index (χ1v) is 3.78. The van der Waals surface area contributed by atoms with E-state index in [0.29, 0.717) is 5.69 Å². The van der Waals surface area contributed by atoms with Gasteiger partial charge in [0.2, 0.25) is 0 Å². The van der Waals surface area contributed by atoms with E-state index < -0.39 is 5.97 Å². The van der Waals surface area contributed by atoms with E-state index in [-0.39, 0.29) is 6.42 Å². The van der Waals surface area contributed by atoms with Crippen LogP contribution in [0.1, 0.15) is 5.69 Å². The number of carboxylic acid groups (broad SMARTS) is 1. The fourth-order valence-electron chi connectivity index (χ4n) is 0.778. The van der Waals surface area contributed by atoms with Crippen molar-refractivity contribution in [3.05, 3.63) is 16.4 Å². The van der Waals surface area contributed by atoms with Crippen LogP contribution in [0.4, 0.5) is 0 Å². The topological polar surface area (TPSA) is 55.1 Å².